The molecule has 0 saturated carbocycles. The Labute approximate surface area is 220 Å². The third-order valence-corrected chi connectivity index (χ3v) is 5.91. The second-order valence-corrected chi connectivity index (χ2v) is 10.7. The summed E-state index contributed by atoms with van der Waals surface area (Å²) in [5, 5.41) is 15.6. The molecule has 0 bridgehead atoms. The van der Waals surface area contributed by atoms with Gasteiger partial charge in [0.05, 0.1) is 6.61 Å². The summed E-state index contributed by atoms with van der Waals surface area (Å²) in [6.45, 7) is 14.1. The SMILES string of the molecule is Cc1ccc(C(C(=O)Nc2ccccc2C)N(CCO)C(=O)C(NC(=O)OC(C)(C)C)C(C)C)c(C)c1. The quantitative estimate of drug-likeness (QED) is 0.454. The smallest absolute Gasteiger partial charge is 0.408 e. The maximum atomic E-state index is 14.0. The average molecular weight is 512 g/mol. The number of aliphatic hydroxyl groups is 1. The van der Waals surface area contributed by atoms with Crippen LogP contribution in [0.15, 0.2) is 42.5 Å². The fraction of sp³-hybridized carbons (Fsp3) is 0.483. The van der Waals surface area contributed by atoms with Gasteiger partial charge in [0.25, 0.3) is 5.91 Å². The molecule has 8 heteroatoms. The molecule has 0 radical (unpaired) electrons. The van der Waals surface area contributed by atoms with Crippen molar-refractivity contribution >= 4 is 23.6 Å². The Kier molecular flexibility index (Phi) is 10.3. The summed E-state index contributed by atoms with van der Waals surface area (Å²) in [7, 11) is 0. The van der Waals surface area contributed by atoms with Crippen LogP contribution in [0, 0.1) is 26.7 Å². The van der Waals surface area contributed by atoms with Gasteiger partial charge in [0, 0.05) is 12.2 Å². The molecule has 8 nitrogen and oxygen atoms in total. The van der Waals surface area contributed by atoms with E-state index < -0.39 is 35.6 Å². The number of amides is 3. The van der Waals surface area contributed by atoms with Crippen LogP contribution in [0.5, 0.6) is 0 Å². The minimum atomic E-state index is -1.04. The lowest BCUT2D eigenvalue weighted by Crippen LogP contribution is -2.55. The van der Waals surface area contributed by atoms with Gasteiger partial charge < -0.3 is 25.4 Å². The third kappa shape index (κ3) is 8.32. The lowest BCUT2D eigenvalue weighted by molar-refractivity contribution is -0.142. The molecule has 2 unspecified atom stereocenters. The molecule has 202 valence electrons. The highest BCUT2D eigenvalue weighted by Crippen LogP contribution is 2.29. The number of nitrogens with one attached hydrogen (secondary N) is 2. The van der Waals surface area contributed by atoms with E-state index in [2.05, 4.69) is 10.6 Å². The molecular formula is C29H41N3O5. The van der Waals surface area contributed by atoms with Crippen LogP contribution in [0.25, 0.3) is 0 Å². The van der Waals surface area contributed by atoms with E-state index in [1.807, 2.05) is 57.2 Å². The molecule has 0 aliphatic carbocycles. The zero-order valence-corrected chi connectivity index (χ0v) is 23.2. The summed E-state index contributed by atoms with van der Waals surface area (Å²) in [4.78, 5) is 41.7. The largest absolute Gasteiger partial charge is 0.444 e. The molecule has 0 heterocycles. The maximum absolute atomic E-state index is 14.0. The summed E-state index contributed by atoms with van der Waals surface area (Å²) in [5.41, 5.74) is 3.26. The van der Waals surface area contributed by atoms with E-state index in [1.54, 1.807) is 40.7 Å². The molecule has 2 rings (SSSR count). The molecule has 3 amide bonds. The molecule has 2 aromatic carbocycles. The number of rotatable bonds is 9. The van der Waals surface area contributed by atoms with Gasteiger partial charge in [-0.05, 0) is 70.2 Å². The van der Waals surface area contributed by atoms with Gasteiger partial charge in [-0.25, -0.2) is 4.79 Å². The van der Waals surface area contributed by atoms with Crippen molar-refractivity contribution in [2.24, 2.45) is 5.92 Å². The van der Waals surface area contributed by atoms with E-state index in [0.717, 1.165) is 16.7 Å². The topological polar surface area (TPSA) is 108 Å². The van der Waals surface area contributed by atoms with E-state index in [9.17, 15) is 19.5 Å². The first-order chi connectivity index (χ1) is 17.2. The van der Waals surface area contributed by atoms with Crippen LogP contribution in [0.2, 0.25) is 0 Å². The van der Waals surface area contributed by atoms with Gasteiger partial charge in [-0.15, -0.1) is 0 Å². The minimum Gasteiger partial charge on any atom is -0.444 e. The Morgan fingerprint density at radius 3 is 2.19 bits per heavy atom. The van der Waals surface area contributed by atoms with Gasteiger partial charge in [-0.2, -0.15) is 0 Å². The highest BCUT2D eigenvalue weighted by Gasteiger charge is 2.38. The van der Waals surface area contributed by atoms with Gasteiger partial charge in [0.2, 0.25) is 5.91 Å². The standard InChI is InChI=1S/C29H41N3O5/c1-18(2)24(31-28(36)37-29(6,7)8)27(35)32(15-16-33)25(22-14-13-19(3)17-21(22)5)26(34)30-23-12-10-9-11-20(23)4/h9-14,17-18,24-25,33H,15-16H2,1-8H3,(H,30,34)(H,31,36). The molecule has 37 heavy (non-hydrogen) atoms. The van der Waals surface area contributed by atoms with Crippen molar-refractivity contribution in [3.63, 3.8) is 0 Å². The third-order valence-electron chi connectivity index (χ3n) is 5.91. The normalized spacial score (nSPS) is 13.0. The van der Waals surface area contributed by atoms with Gasteiger partial charge in [0.15, 0.2) is 0 Å². The molecule has 0 spiro atoms. The van der Waals surface area contributed by atoms with Crippen LogP contribution >= 0.6 is 0 Å². The van der Waals surface area contributed by atoms with Gasteiger partial charge >= 0.3 is 6.09 Å². The van der Waals surface area contributed by atoms with E-state index in [1.165, 1.54) is 4.90 Å². The molecule has 2 aromatic rings. The van der Waals surface area contributed by atoms with Crippen LogP contribution in [-0.4, -0.2) is 52.7 Å². The Morgan fingerprint density at radius 1 is 1.00 bits per heavy atom. The molecule has 0 fully saturated rings. The first-order valence-corrected chi connectivity index (χ1v) is 12.6. The van der Waals surface area contributed by atoms with Crippen LogP contribution in [0.4, 0.5) is 10.5 Å². The average Bonchev–Trinajstić information content (AvgIpc) is 2.78. The number of carbonyl (C=O) groups is 3. The number of hydrogen-bond acceptors (Lipinski definition) is 5. The first-order valence-electron chi connectivity index (χ1n) is 12.6. The van der Waals surface area contributed by atoms with Crippen LogP contribution in [-0.2, 0) is 14.3 Å². The fourth-order valence-electron chi connectivity index (χ4n) is 4.10. The lowest BCUT2D eigenvalue weighted by atomic mass is 9.95. The number of hydrogen-bond donors (Lipinski definition) is 3. The number of alkyl carbamates (subject to hydrolysis) is 1. The molecule has 0 aliphatic heterocycles. The summed E-state index contributed by atoms with van der Waals surface area (Å²) in [6, 6.07) is 11.0. The summed E-state index contributed by atoms with van der Waals surface area (Å²) in [6.07, 6.45) is -0.726. The van der Waals surface area contributed by atoms with E-state index in [0.29, 0.717) is 11.3 Å². The van der Waals surface area contributed by atoms with Crippen molar-refractivity contribution < 1.29 is 24.2 Å². The molecule has 0 saturated heterocycles. The Hall–Kier alpha value is -3.39. The van der Waals surface area contributed by atoms with E-state index >= 15 is 0 Å². The fourth-order valence-corrected chi connectivity index (χ4v) is 4.10. The number of nitrogens with zero attached hydrogens (tertiary/aromatic N) is 1. The van der Waals surface area contributed by atoms with Gasteiger partial charge in [-0.1, -0.05) is 55.8 Å². The molecule has 0 aliphatic rings. The van der Waals surface area contributed by atoms with Crippen molar-refractivity contribution in [3.8, 4) is 0 Å². The predicted molar refractivity (Wildman–Crippen MR) is 145 cm³/mol. The van der Waals surface area contributed by atoms with Crippen molar-refractivity contribution in [1.29, 1.82) is 0 Å². The summed E-state index contributed by atoms with van der Waals surface area (Å²) < 4.78 is 5.38. The highest BCUT2D eigenvalue weighted by atomic mass is 16.6. The van der Waals surface area contributed by atoms with Crippen LogP contribution in [0.3, 0.4) is 0 Å². The number of benzene rings is 2. The maximum Gasteiger partial charge on any atom is 0.408 e. The second-order valence-electron chi connectivity index (χ2n) is 10.7. The van der Waals surface area contributed by atoms with Crippen molar-refractivity contribution in [2.75, 3.05) is 18.5 Å². The Morgan fingerprint density at radius 2 is 1.65 bits per heavy atom. The minimum absolute atomic E-state index is 0.1000. The van der Waals surface area contributed by atoms with Crippen LogP contribution in [0.1, 0.15) is 62.9 Å². The summed E-state index contributed by atoms with van der Waals surface area (Å²) in [5.74, 6) is -1.21. The molecule has 2 atom stereocenters. The van der Waals surface area contributed by atoms with Gasteiger partial charge in [0.1, 0.15) is 17.7 Å². The zero-order chi connectivity index (χ0) is 27.9. The number of anilines is 1. The Bertz CT molecular complexity index is 1110. The van der Waals surface area contributed by atoms with E-state index in [4.69, 9.17) is 4.74 Å². The monoisotopic (exact) mass is 511 g/mol. The Balaban J connectivity index is 2.54. The molecule has 3 N–H and O–H groups in total. The summed E-state index contributed by atoms with van der Waals surface area (Å²) >= 11 is 0. The van der Waals surface area contributed by atoms with E-state index in [-0.39, 0.29) is 19.1 Å². The number of ether oxygens (including phenoxy) is 1. The van der Waals surface area contributed by atoms with Gasteiger partial charge in [-0.3, -0.25) is 9.59 Å². The number of carbonyl (C=O) groups excluding carboxylic acids is 3. The number of aryl methyl sites for hydroxylation is 3. The lowest BCUT2D eigenvalue weighted by Gasteiger charge is -2.36. The first kappa shape index (κ1) is 29.8. The highest BCUT2D eigenvalue weighted by molar-refractivity contribution is 5.99. The van der Waals surface area contributed by atoms with Crippen molar-refractivity contribution in [2.45, 2.75) is 73.1 Å². The van der Waals surface area contributed by atoms with Crippen molar-refractivity contribution in [3.05, 3.63) is 64.7 Å². The number of para-hydroxylation sites is 1. The predicted octanol–water partition coefficient (Wildman–Crippen LogP) is 4.66. The van der Waals surface area contributed by atoms with Crippen molar-refractivity contribution in [1.82, 2.24) is 10.2 Å². The van der Waals surface area contributed by atoms with Crippen LogP contribution < -0.4 is 10.6 Å². The number of aliphatic hydroxyl groups excluding tert-OH is 1. The molecular weight excluding hydrogens is 470 g/mol. The second kappa shape index (κ2) is 12.7. The molecule has 0 aromatic heterocycles. The zero-order valence-electron chi connectivity index (χ0n) is 23.2.